The van der Waals surface area contributed by atoms with Gasteiger partial charge in [-0.15, -0.1) is 0 Å². The topological polar surface area (TPSA) is 239 Å². The quantitative estimate of drug-likeness (QED) is 0.0444. The average molecular weight is 583 g/mol. The maximum absolute atomic E-state index is 12.8. The molecule has 0 saturated carbocycles. The van der Waals surface area contributed by atoms with Crippen LogP contribution >= 0.6 is 0 Å². The van der Waals surface area contributed by atoms with Crippen LogP contribution in [0.1, 0.15) is 39.5 Å². The molecular weight excluding hydrogens is 536 g/mol. The Morgan fingerprint density at radius 3 is 2.27 bits per heavy atom. The molecular formula is C25H46N2O13. The molecule has 9 atom stereocenters. The van der Waals surface area contributed by atoms with Crippen molar-refractivity contribution in [1.82, 2.24) is 10.2 Å². The van der Waals surface area contributed by atoms with Crippen LogP contribution < -0.4 is 5.32 Å². The standard InChI is InChI=1S/C25H46N2O13/c1-4-5-6-7-9-27(25(37)26-8-10-38-23(36)14(2)3)11-15(30)18(32)22(16(31)12-28)40-24-21(35)20(34)19(33)17(13-29)39-24/h15-22,24,28-35H,2,4-13H2,1,3H3,(H,26,37)/t15?,16?,17-,18?,19-,20+,21-,22?,24-/m1/s1. The number of hydrogen-bond acceptors (Lipinski definition) is 13. The average Bonchev–Trinajstić information content (AvgIpc) is 2.94. The molecule has 4 unspecified atom stereocenters. The summed E-state index contributed by atoms with van der Waals surface area (Å²) < 4.78 is 15.6. The third-order valence-corrected chi connectivity index (χ3v) is 6.37. The van der Waals surface area contributed by atoms with Crippen LogP contribution in [0.25, 0.3) is 0 Å². The summed E-state index contributed by atoms with van der Waals surface area (Å²) >= 11 is 0. The Labute approximate surface area is 233 Å². The Morgan fingerprint density at radius 1 is 1.02 bits per heavy atom. The summed E-state index contributed by atoms with van der Waals surface area (Å²) in [6.45, 7) is 4.88. The predicted octanol–water partition coefficient (Wildman–Crippen LogP) is -3.04. The number of carbonyl (C=O) groups is 2. The van der Waals surface area contributed by atoms with Crippen molar-refractivity contribution in [2.75, 3.05) is 39.5 Å². The molecule has 1 aliphatic heterocycles. The van der Waals surface area contributed by atoms with Gasteiger partial charge in [-0.05, 0) is 13.3 Å². The molecule has 0 spiro atoms. The lowest BCUT2D eigenvalue weighted by Gasteiger charge is -2.42. The van der Waals surface area contributed by atoms with Crippen LogP contribution in [0.2, 0.25) is 0 Å². The van der Waals surface area contributed by atoms with Crippen molar-refractivity contribution >= 4 is 12.0 Å². The lowest BCUT2D eigenvalue weighted by Crippen LogP contribution is -2.62. The predicted molar refractivity (Wildman–Crippen MR) is 139 cm³/mol. The molecule has 234 valence electrons. The van der Waals surface area contributed by atoms with Gasteiger partial charge in [-0.25, -0.2) is 9.59 Å². The Morgan fingerprint density at radius 2 is 1.70 bits per heavy atom. The van der Waals surface area contributed by atoms with Crippen molar-refractivity contribution in [3.05, 3.63) is 12.2 Å². The van der Waals surface area contributed by atoms with Crippen LogP contribution in [0.3, 0.4) is 0 Å². The Kier molecular flexibility index (Phi) is 16.7. The van der Waals surface area contributed by atoms with E-state index in [1.807, 2.05) is 6.92 Å². The number of ether oxygens (including phenoxy) is 3. The maximum Gasteiger partial charge on any atom is 0.333 e. The van der Waals surface area contributed by atoms with Gasteiger partial charge in [0, 0.05) is 12.1 Å². The minimum Gasteiger partial charge on any atom is -0.460 e. The molecule has 15 heteroatoms. The van der Waals surface area contributed by atoms with Gasteiger partial charge in [-0.2, -0.15) is 0 Å². The third-order valence-electron chi connectivity index (χ3n) is 6.37. The first-order chi connectivity index (χ1) is 18.9. The zero-order chi connectivity index (χ0) is 30.4. The molecule has 0 radical (unpaired) electrons. The van der Waals surface area contributed by atoms with Crippen molar-refractivity contribution in [3.63, 3.8) is 0 Å². The smallest absolute Gasteiger partial charge is 0.333 e. The van der Waals surface area contributed by atoms with Gasteiger partial charge in [0.25, 0.3) is 0 Å². The fraction of sp³-hybridized carbons (Fsp3) is 0.840. The first-order valence-electron chi connectivity index (χ1n) is 13.4. The highest BCUT2D eigenvalue weighted by Gasteiger charge is 2.47. The summed E-state index contributed by atoms with van der Waals surface area (Å²) in [5.74, 6) is -0.614. The second-order valence-corrected chi connectivity index (χ2v) is 9.76. The van der Waals surface area contributed by atoms with Crippen molar-refractivity contribution in [1.29, 1.82) is 0 Å². The molecule has 0 bridgehead atoms. The molecule has 1 saturated heterocycles. The van der Waals surface area contributed by atoms with E-state index in [-0.39, 0.29) is 25.3 Å². The van der Waals surface area contributed by atoms with Gasteiger partial charge < -0.3 is 65.3 Å². The molecule has 0 aliphatic carbocycles. The van der Waals surface area contributed by atoms with Crippen molar-refractivity contribution in [2.45, 2.75) is 94.7 Å². The van der Waals surface area contributed by atoms with E-state index in [4.69, 9.17) is 14.2 Å². The summed E-state index contributed by atoms with van der Waals surface area (Å²) in [7, 11) is 0. The normalized spacial score (nSPS) is 25.9. The third kappa shape index (κ3) is 11.2. The Bertz CT molecular complexity index is 771. The summed E-state index contributed by atoms with van der Waals surface area (Å²) in [5.41, 5.74) is 0.201. The van der Waals surface area contributed by atoms with Crippen molar-refractivity contribution in [2.24, 2.45) is 0 Å². The van der Waals surface area contributed by atoms with E-state index in [1.165, 1.54) is 11.8 Å². The van der Waals surface area contributed by atoms with Crippen LogP contribution in [-0.4, -0.2) is 152 Å². The molecule has 15 nitrogen and oxygen atoms in total. The number of esters is 1. The van der Waals surface area contributed by atoms with E-state index in [1.54, 1.807) is 0 Å². The first kappa shape index (κ1) is 36.1. The number of amides is 2. The largest absolute Gasteiger partial charge is 0.460 e. The second kappa shape index (κ2) is 18.5. The van der Waals surface area contributed by atoms with Crippen LogP contribution in [0.5, 0.6) is 0 Å². The Hall–Kier alpha value is -1.92. The van der Waals surface area contributed by atoms with E-state index in [0.717, 1.165) is 19.3 Å². The van der Waals surface area contributed by atoms with Gasteiger partial charge in [0.2, 0.25) is 0 Å². The van der Waals surface area contributed by atoms with Crippen molar-refractivity contribution in [3.8, 4) is 0 Å². The van der Waals surface area contributed by atoms with E-state index >= 15 is 0 Å². The van der Waals surface area contributed by atoms with Gasteiger partial charge >= 0.3 is 12.0 Å². The molecule has 1 rings (SSSR count). The number of carbonyl (C=O) groups excluding carboxylic acids is 2. The summed E-state index contributed by atoms with van der Waals surface area (Å²) in [6, 6.07) is -0.622. The van der Waals surface area contributed by atoms with Crippen LogP contribution in [-0.2, 0) is 19.0 Å². The van der Waals surface area contributed by atoms with Gasteiger partial charge in [0.1, 0.15) is 55.4 Å². The number of nitrogens with one attached hydrogen (secondary N) is 1. The summed E-state index contributed by atoms with van der Waals surface area (Å²) in [6.07, 6.45) is -12.5. The highest BCUT2D eigenvalue weighted by molar-refractivity contribution is 5.86. The molecule has 1 aliphatic rings. The number of unbranched alkanes of at least 4 members (excludes halogenated alkanes) is 3. The Balaban J connectivity index is 2.93. The number of nitrogens with zero attached hydrogens (tertiary/aromatic N) is 1. The van der Waals surface area contributed by atoms with E-state index < -0.39 is 86.9 Å². The fourth-order valence-corrected chi connectivity index (χ4v) is 3.93. The van der Waals surface area contributed by atoms with Crippen LogP contribution in [0.4, 0.5) is 4.79 Å². The first-order valence-corrected chi connectivity index (χ1v) is 13.4. The van der Waals surface area contributed by atoms with Crippen LogP contribution in [0, 0.1) is 0 Å². The molecule has 40 heavy (non-hydrogen) atoms. The maximum atomic E-state index is 12.8. The molecule has 1 heterocycles. The zero-order valence-corrected chi connectivity index (χ0v) is 23.0. The molecule has 1 fully saturated rings. The molecule has 0 aromatic carbocycles. The van der Waals surface area contributed by atoms with Crippen LogP contribution in [0.15, 0.2) is 12.2 Å². The second-order valence-electron chi connectivity index (χ2n) is 9.76. The molecule has 2 amide bonds. The summed E-state index contributed by atoms with van der Waals surface area (Å²) in [4.78, 5) is 25.5. The van der Waals surface area contributed by atoms with Gasteiger partial charge in [0.15, 0.2) is 6.29 Å². The minimum absolute atomic E-state index is 0.0337. The number of rotatable bonds is 18. The van der Waals surface area contributed by atoms with Gasteiger partial charge in [0.05, 0.1) is 26.3 Å². The monoisotopic (exact) mass is 582 g/mol. The zero-order valence-electron chi connectivity index (χ0n) is 23.0. The number of hydrogen-bond donors (Lipinski definition) is 9. The number of aliphatic hydroxyl groups is 8. The lowest BCUT2D eigenvalue weighted by atomic mass is 9.98. The highest BCUT2D eigenvalue weighted by atomic mass is 16.7. The molecule has 0 aromatic rings. The lowest BCUT2D eigenvalue weighted by molar-refractivity contribution is -0.327. The minimum atomic E-state index is -1.93. The van der Waals surface area contributed by atoms with Crippen molar-refractivity contribution < 1.29 is 64.7 Å². The van der Waals surface area contributed by atoms with Gasteiger partial charge in [-0.3, -0.25) is 0 Å². The van der Waals surface area contributed by atoms with E-state index in [0.29, 0.717) is 6.42 Å². The fourth-order valence-electron chi connectivity index (χ4n) is 3.93. The SMILES string of the molecule is C=C(C)C(=O)OCCNC(=O)N(CCCCCC)CC(O)C(O)C(O[C@H]1O[C@H](CO)[C@@H](O)[C@H](O)[C@H]1O)C(O)CO. The molecule has 9 N–H and O–H groups in total. The summed E-state index contributed by atoms with van der Waals surface area (Å²) in [5, 5.41) is 83.5. The van der Waals surface area contributed by atoms with E-state index in [9.17, 15) is 50.4 Å². The van der Waals surface area contributed by atoms with Gasteiger partial charge in [-0.1, -0.05) is 32.8 Å². The van der Waals surface area contributed by atoms with E-state index in [2.05, 4.69) is 11.9 Å². The highest BCUT2D eigenvalue weighted by Crippen LogP contribution is 2.25. The molecule has 0 aromatic heterocycles. The number of aliphatic hydroxyl groups excluding tert-OH is 8. The number of urea groups is 1.